The zero-order valence-corrected chi connectivity index (χ0v) is 10.8. The second-order valence-electron chi connectivity index (χ2n) is 4.25. The standard InChI is InChI=1S/C14H13N3O3/c1-10(11-6-2-5-9-14(11)18)15-16-12-7-3-4-8-13(12)17(19)20/h2-10,18H,1H3. The molecule has 0 heterocycles. The zero-order chi connectivity index (χ0) is 14.5. The average molecular weight is 271 g/mol. The molecule has 2 aromatic carbocycles. The smallest absolute Gasteiger partial charge is 0.300 e. The highest BCUT2D eigenvalue weighted by molar-refractivity contribution is 5.55. The lowest BCUT2D eigenvalue weighted by atomic mass is 10.1. The molecule has 2 rings (SSSR count). The summed E-state index contributed by atoms with van der Waals surface area (Å²) in [5, 5.41) is 29.3. The van der Waals surface area contributed by atoms with E-state index in [0.717, 1.165) is 0 Å². The summed E-state index contributed by atoms with van der Waals surface area (Å²) in [6, 6.07) is 12.4. The van der Waals surface area contributed by atoms with Gasteiger partial charge in [0.15, 0.2) is 6.04 Å². The van der Waals surface area contributed by atoms with Crippen LogP contribution in [0, 0.1) is 10.1 Å². The quantitative estimate of drug-likeness (QED) is 0.520. The molecule has 0 aliphatic heterocycles. The van der Waals surface area contributed by atoms with Crippen molar-refractivity contribution in [2.75, 3.05) is 0 Å². The maximum atomic E-state index is 11.7. The fraction of sp³-hybridized carbons (Fsp3) is 0.143. The van der Waals surface area contributed by atoms with Gasteiger partial charge in [0, 0.05) is 18.6 Å². The molecule has 0 amide bonds. The summed E-state index contributed by atoms with van der Waals surface area (Å²) in [5.41, 5.74) is 0.713. The molecule has 0 aromatic heterocycles. The molecule has 1 N–H and O–H groups in total. The number of azo groups is 1. The maximum Gasteiger partial charge on any atom is 0.300 e. The first kappa shape index (κ1) is 13.7. The van der Waals surface area contributed by atoms with E-state index in [1.165, 1.54) is 12.1 Å². The van der Waals surface area contributed by atoms with E-state index in [9.17, 15) is 15.2 Å². The van der Waals surface area contributed by atoms with Crippen LogP contribution in [0.1, 0.15) is 18.5 Å². The van der Waals surface area contributed by atoms with Gasteiger partial charge in [0.1, 0.15) is 0 Å². The largest absolute Gasteiger partial charge is 0.872 e. The molecule has 0 saturated heterocycles. The van der Waals surface area contributed by atoms with E-state index in [2.05, 4.69) is 10.2 Å². The zero-order valence-electron chi connectivity index (χ0n) is 10.8. The highest BCUT2D eigenvalue weighted by Gasteiger charge is 2.15. The van der Waals surface area contributed by atoms with Crippen molar-refractivity contribution in [3.63, 3.8) is 0 Å². The third kappa shape index (κ3) is 2.97. The van der Waals surface area contributed by atoms with Gasteiger partial charge in [-0.1, -0.05) is 42.1 Å². The van der Waals surface area contributed by atoms with Crippen LogP contribution < -0.4 is 10.2 Å². The van der Waals surface area contributed by atoms with Crippen LogP contribution in [0.4, 0.5) is 11.4 Å². The Bertz CT molecular complexity index is 656. The van der Waals surface area contributed by atoms with Crippen molar-refractivity contribution in [1.29, 1.82) is 0 Å². The molecule has 102 valence electrons. The molecule has 2 aromatic rings. The van der Waals surface area contributed by atoms with Crippen LogP contribution in [0.15, 0.2) is 53.6 Å². The van der Waals surface area contributed by atoms with Crippen molar-refractivity contribution in [3.05, 3.63) is 64.2 Å². The first-order valence-electron chi connectivity index (χ1n) is 6.05. The number of benzene rings is 2. The third-order valence-corrected chi connectivity index (χ3v) is 2.84. The number of hydrogen-bond acceptors (Lipinski definition) is 4. The Kier molecular flexibility index (Phi) is 4.05. The minimum atomic E-state index is -0.493. The predicted octanol–water partition coefficient (Wildman–Crippen LogP) is 1.59. The summed E-state index contributed by atoms with van der Waals surface area (Å²) < 4.78 is 0. The van der Waals surface area contributed by atoms with Crippen molar-refractivity contribution in [1.82, 2.24) is 0 Å². The summed E-state index contributed by atoms with van der Waals surface area (Å²) in [7, 11) is 0. The van der Waals surface area contributed by atoms with Crippen LogP contribution in [0.3, 0.4) is 0 Å². The molecule has 1 unspecified atom stereocenters. The lowest BCUT2D eigenvalue weighted by Crippen LogP contribution is -2.66. The van der Waals surface area contributed by atoms with Gasteiger partial charge >= 0.3 is 5.69 Å². The monoisotopic (exact) mass is 271 g/mol. The van der Waals surface area contributed by atoms with Crippen LogP contribution >= 0.6 is 0 Å². The van der Waals surface area contributed by atoms with E-state index in [0.29, 0.717) is 5.56 Å². The number of rotatable bonds is 4. The number of nitrogens with one attached hydrogen (secondary N) is 1. The van der Waals surface area contributed by atoms with Crippen molar-refractivity contribution in [3.8, 4) is 5.75 Å². The molecule has 6 heteroatoms. The summed E-state index contributed by atoms with van der Waals surface area (Å²) in [6.45, 7) is 1.77. The molecule has 0 spiro atoms. The fourth-order valence-electron chi connectivity index (χ4n) is 1.79. The second-order valence-corrected chi connectivity index (χ2v) is 4.25. The van der Waals surface area contributed by atoms with E-state index in [1.54, 1.807) is 43.3 Å². The van der Waals surface area contributed by atoms with E-state index in [1.807, 2.05) is 0 Å². The highest BCUT2D eigenvalue weighted by Crippen LogP contribution is 2.25. The number of nitro groups is 1. The Morgan fingerprint density at radius 2 is 1.80 bits per heavy atom. The van der Waals surface area contributed by atoms with Gasteiger partial charge in [-0.25, -0.2) is 0 Å². The van der Waals surface area contributed by atoms with E-state index >= 15 is 0 Å². The lowest BCUT2D eigenvalue weighted by molar-refractivity contribution is -0.572. The molecule has 20 heavy (non-hydrogen) atoms. The number of nitro benzene ring substituents is 1. The summed E-state index contributed by atoms with van der Waals surface area (Å²) in [6.07, 6.45) is 0. The van der Waals surface area contributed by atoms with Gasteiger partial charge in [-0.05, 0) is 11.2 Å². The van der Waals surface area contributed by atoms with Crippen LogP contribution in [0.25, 0.3) is 0 Å². The van der Waals surface area contributed by atoms with Crippen molar-refractivity contribution >= 4 is 11.4 Å². The van der Waals surface area contributed by atoms with Crippen LogP contribution in [0.2, 0.25) is 0 Å². The maximum absolute atomic E-state index is 11.7. The summed E-state index contributed by atoms with van der Waals surface area (Å²) >= 11 is 0. The minimum absolute atomic E-state index is 0.0809. The van der Waals surface area contributed by atoms with Gasteiger partial charge in [-0.15, -0.1) is 5.11 Å². The highest BCUT2D eigenvalue weighted by atomic mass is 16.6. The van der Waals surface area contributed by atoms with E-state index < -0.39 is 4.92 Å². The molecular weight excluding hydrogens is 258 g/mol. The molecule has 0 aliphatic carbocycles. The number of hydrogen-bond donors (Lipinski definition) is 1. The first-order chi connectivity index (χ1) is 9.59. The summed E-state index contributed by atoms with van der Waals surface area (Å²) in [4.78, 5) is 10.4. The van der Waals surface area contributed by atoms with E-state index in [-0.39, 0.29) is 23.2 Å². The van der Waals surface area contributed by atoms with Crippen LogP contribution in [-0.4, -0.2) is 4.92 Å². The van der Waals surface area contributed by atoms with Gasteiger partial charge in [0.25, 0.3) is 0 Å². The topological polar surface area (TPSA) is 92.5 Å². The van der Waals surface area contributed by atoms with Crippen molar-refractivity contribution in [2.45, 2.75) is 13.0 Å². The summed E-state index contributed by atoms with van der Waals surface area (Å²) in [5.74, 6) is -0.0924. The second kappa shape index (κ2) is 5.92. The van der Waals surface area contributed by atoms with Crippen molar-refractivity contribution < 1.29 is 15.1 Å². The van der Waals surface area contributed by atoms with Gasteiger partial charge in [-0.3, -0.25) is 10.1 Å². The SMILES string of the molecule is CC([NH+]=Nc1ccccc1[N+](=O)[O-])c1ccccc1[O-]. The third-order valence-electron chi connectivity index (χ3n) is 2.84. The van der Waals surface area contributed by atoms with E-state index in [4.69, 9.17) is 0 Å². The average Bonchev–Trinajstić information content (AvgIpc) is 2.45. The molecule has 0 radical (unpaired) electrons. The van der Waals surface area contributed by atoms with Gasteiger partial charge in [0.05, 0.1) is 4.92 Å². The molecule has 0 saturated carbocycles. The Labute approximate surface area is 115 Å². The number of nitrogens with zero attached hydrogens (tertiary/aromatic N) is 2. The Balaban J connectivity index is 2.26. The number of para-hydroxylation sites is 3. The molecular formula is C14H13N3O3. The van der Waals surface area contributed by atoms with Crippen LogP contribution in [-0.2, 0) is 0 Å². The molecule has 1 atom stereocenters. The van der Waals surface area contributed by atoms with Gasteiger partial charge in [0.2, 0.25) is 5.69 Å². The fourth-order valence-corrected chi connectivity index (χ4v) is 1.79. The normalized spacial score (nSPS) is 12.4. The molecule has 0 aliphatic rings. The lowest BCUT2D eigenvalue weighted by Gasteiger charge is -2.11. The van der Waals surface area contributed by atoms with Gasteiger partial charge < -0.3 is 5.11 Å². The Morgan fingerprint density at radius 1 is 1.15 bits per heavy atom. The van der Waals surface area contributed by atoms with Gasteiger partial charge in [-0.2, -0.15) is 0 Å². The molecule has 0 bridgehead atoms. The van der Waals surface area contributed by atoms with Crippen LogP contribution in [0.5, 0.6) is 5.75 Å². The minimum Gasteiger partial charge on any atom is -0.872 e. The molecule has 0 fully saturated rings. The predicted molar refractivity (Wildman–Crippen MR) is 70.5 cm³/mol. The Morgan fingerprint density at radius 3 is 2.50 bits per heavy atom. The first-order valence-corrected chi connectivity index (χ1v) is 6.05. The van der Waals surface area contributed by atoms with Crippen molar-refractivity contribution in [2.24, 2.45) is 5.11 Å². The molecule has 6 nitrogen and oxygen atoms in total. The Hall–Kier alpha value is -2.76.